The van der Waals surface area contributed by atoms with Crippen LogP contribution in [0, 0.1) is 13.8 Å². The molecule has 0 aliphatic heterocycles. The van der Waals surface area contributed by atoms with E-state index in [1.165, 1.54) is 24.6 Å². The van der Waals surface area contributed by atoms with Crippen LogP contribution in [0.2, 0.25) is 5.02 Å². The van der Waals surface area contributed by atoms with E-state index < -0.39 is 15.6 Å². The summed E-state index contributed by atoms with van der Waals surface area (Å²) in [6, 6.07) is 1.65. The molecule has 2 aromatic rings. The average molecular weight is 377 g/mol. The largest absolute Gasteiger partial charge is 0.381 e. The number of nitrogens with one attached hydrogen (secondary N) is 2. The zero-order chi connectivity index (χ0) is 17.2. The SMILES string of the molecule is Cc1cc(S(=O)(=O)NCCNc2cnn(C)c(=O)c2Cl)c(C)s1. The summed E-state index contributed by atoms with van der Waals surface area (Å²) in [5, 5.41) is 6.76. The lowest BCUT2D eigenvalue weighted by Gasteiger charge is -2.09. The normalized spacial score (nSPS) is 11.7. The number of rotatable bonds is 6. The highest BCUT2D eigenvalue weighted by Gasteiger charge is 2.18. The molecule has 0 spiro atoms. The van der Waals surface area contributed by atoms with Crippen molar-refractivity contribution in [3.63, 3.8) is 0 Å². The quantitative estimate of drug-likeness (QED) is 0.745. The van der Waals surface area contributed by atoms with Crippen LogP contribution in [0.4, 0.5) is 5.69 Å². The van der Waals surface area contributed by atoms with E-state index in [1.54, 1.807) is 13.0 Å². The fourth-order valence-electron chi connectivity index (χ4n) is 1.97. The van der Waals surface area contributed by atoms with Gasteiger partial charge in [0.1, 0.15) is 5.02 Å². The van der Waals surface area contributed by atoms with Crippen LogP contribution < -0.4 is 15.6 Å². The van der Waals surface area contributed by atoms with Gasteiger partial charge in [-0.05, 0) is 19.9 Å². The van der Waals surface area contributed by atoms with Gasteiger partial charge in [-0.25, -0.2) is 17.8 Å². The Morgan fingerprint density at radius 2 is 2.04 bits per heavy atom. The van der Waals surface area contributed by atoms with Gasteiger partial charge in [-0.3, -0.25) is 4.79 Å². The molecule has 0 aromatic carbocycles. The van der Waals surface area contributed by atoms with Crippen molar-refractivity contribution < 1.29 is 8.42 Å². The van der Waals surface area contributed by atoms with Gasteiger partial charge in [0.25, 0.3) is 5.56 Å². The van der Waals surface area contributed by atoms with Gasteiger partial charge in [-0.2, -0.15) is 5.10 Å². The molecule has 2 rings (SSSR count). The average Bonchev–Trinajstić information content (AvgIpc) is 2.83. The fourth-order valence-corrected chi connectivity index (χ4v) is 4.79. The zero-order valence-electron chi connectivity index (χ0n) is 12.9. The van der Waals surface area contributed by atoms with E-state index in [4.69, 9.17) is 11.6 Å². The third-order valence-electron chi connectivity index (χ3n) is 3.10. The molecular weight excluding hydrogens is 360 g/mol. The molecule has 0 radical (unpaired) electrons. The first-order valence-corrected chi connectivity index (χ1v) is 9.42. The summed E-state index contributed by atoms with van der Waals surface area (Å²) < 4.78 is 28.1. The molecular formula is C13H17ClN4O3S2. The van der Waals surface area contributed by atoms with Crippen molar-refractivity contribution in [3.8, 4) is 0 Å². The van der Waals surface area contributed by atoms with Crippen molar-refractivity contribution in [3.05, 3.63) is 37.4 Å². The Balaban J connectivity index is 1.97. The molecule has 0 amide bonds. The highest BCUT2D eigenvalue weighted by atomic mass is 35.5. The summed E-state index contributed by atoms with van der Waals surface area (Å²) in [6.45, 7) is 4.07. The van der Waals surface area contributed by atoms with E-state index in [1.807, 2.05) is 6.92 Å². The van der Waals surface area contributed by atoms with Gasteiger partial charge in [0, 0.05) is 29.9 Å². The number of aromatic nitrogens is 2. The standard InChI is InChI=1S/C13H17ClN4O3S2/c1-8-6-11(9(2)22-8)23(20,21)17-5-4-15-10-7-16-18(3)13(19)12(10)14/h6-7,15,17H,4-5H2,1-3H3. The Morgan fingerprint density at radius 3 is 2.65 bits per heavy atom. The van der Waals surface area contributed by atoms with Gasteiger partial charge in [-0.1, -0.05) is 11.6 Å². The minimum Gasteiger partial charge on any atom is -0.381 e. The number of aryl methyl sites for hydroxylation is 3. The molecule has 0 fully saturated rings. The molecule has 7 nitrogen and oxygen atoms in total. The molecule has 126 valence electrons. The van der Waals surface area contributed by atoms with Crippen LogP contribution in [0.1, 0.15) is 9.75 Å². The minimum atomic E-state index is -3.54. The lowest BCUT2D eigenvalue weighted by atomic mass is 10.4. The second-order valence-electron chi connectivity index (χ2n) is 4.90. The Hall–Kier alpha value is -1.42. The van der Waals surface area contributed by atoms with Gasteiger partial charge >= 0.3 is 0 Å². The molecule has 0 unspecified atom stereocenters. The number of hydrogen-bond acceptors (Lipinski definition) is 6. The Morgan fingerprint density at radius 1 is 1.35 bits per heavy atom. The van der Waals surface area contributed by atoms with E-state index in [9.17, 15) is 13.2 Å². The van der Waals surface area contributed by atoms with Crippen molar-refractivity contribution in [2.24, 2.45) is 7.05 Å². The number of nitrogens with zero attached hydrogens (tertiary/aromatic N) is 2. The van der Waals surface area contributed by atoms with Gasteiger partial charge in [0.05, 0.1) is 16.8 Å². The van der Waals surface area contributed by atoms with E-state index in [-0.39, 0.29) is 18.1 Å². The molecule has 0 saturated carbocycles. The van der Waals surface area contributed by atoms with Crippen LogP contribution in [0.25, 0.3) is 0 Å². The third kappa shape index (κ3) is 4.11. The zero-order valence-corrected chi connectivity index (χ0v) is 15.3. The number of anilines is 1. The summed E-state index contributed by atoms with van der Waals surface area (Å²) in [7, 11) is -2.05. The van der Waals surface area contributed by atoms with Gasteiger partial charge in [0.2, 0.25) is 10.0 Å². The highest BCUT2D eigenvalue weighted by Crippen LogP contribution is 2.24. The van der Waals surface area contributed by atoms with Crippen LogP contribution in [-0.2, 0) is 17.1 Å². The molecule has 10 heteroatoms. The Labute approximate surface area is 143 Å². The lowest BCUT2D eigenvalue weighted by molar-refractivity contribution is 0.582. The topological polar surface area (TPSA) is 93.1 Å². The number of thiophene rings is 1. The van der Waals surface area contributed by atoms with Crippen LogP contribution in [0.5, 0.6) is 0 Å². The van der Waals surface area contributed by atoms with E-state index in [0.29, 0.717) is 10.6 Å². The predicted molar refractivity (Wildman–Crippen MR) is 92.0 cm³/mol. The molecule has 23 heavy (non-hydrogen) atoms. The number of sulfonamides is 1. The van der Waals surface area contributed by atoms with Crippen molar-refractivity contribution in [2.45, 2.75) is 18.7 Å². The first-order chi connectivity index (χ1) is 10.7. The number of halogens is 1. The Kier molecular flexibility index (Phi) is 5.45. The molecule has 2 N–H and O–H groups in total. The van der Waals surface area contributed by atoms with Crippen LogP contribution in [-0.4, -0.2) is 31.3 Å². The van der Waals surface area contributed by atoms with Gasteiger partial charge in [-0.15, -0.1) is 11.3 Å². The Bertz CT molecular complexity index is 874. The first-order valence-electron chi connectivity index (χ1n) is 6.75. The molecule has 0 saturated heterocycles. The monoisotopic (exact) mass is 376 g/mol. The van der Waals surface area contributed by atoms with Crippen LogP contribution in [0.15, 0.2) is 22.0 Å². The molecule has 0 aliphatic carbocycles. The summed E-state index contributed by atoms with van der Waals surface area (Å²) in [4.78, 5) is 13.6. The summed E-state index contributed by atoms with van der Waals surface area (Å²) in [6.07, 6.45) is 1.42. The van der Waals surface area contributed by atoms with Gasteiger partial charge in [0.15, 0.2) is 0 Å². The molecule has 0 bridgehead atoms. The van der Waals surface area contributed by atoms with Crippen LogP contribution >= 0.6 is 22.9 Å². The van der Waals surface area contributed by atoms with Crippen molar-refractivity contribution in [1.82, 2.24) is 14.5 Å². The molecule has 2 heterocycles. The third-order valence-corrected chi connectivity index (χ3v) is 6.14. The van der Waals surface area contributed by atoms with E-state index in [0.717, 1.165) is 14.4 Å². The molecule has 0 atom stereocenters. The second-order valence-corrected chi connectivity index (χ2v) is 8.48. The maximum atomic E-state index is 12.2. The maximum Gasteiger partial charge on any atom is 0.287 e. The van der Waals surface area contributed by atoms with Crippen LogP contribution in [0.3, 0.4) is 0 Å². The lowest BCUT2D eigenvalue weighted by Crippen LogP contribution is -2.29. The van der Waals surface area contributed by atoms with Crippen molar-refractivity contribution >= 4 is 38.6 Å². The smallest absolute Gasteiger partial charge is 0.287 e. The second kappa shape index (κ2) is 7.00. The minimum absolute atomic E-state index is 0.0228. The van der Waals surface area contributed by atoms with Gasteiger partial charge < -0.3 is 5.32 Å². The van der Waals surface area contributed by atoms with E-state index >= 15 is 0 Å². The highest BCUT2D eigenvalue weighted by molar-refractivity contribution is 7.89. The molecule has 0 aliphatic rings. The van der Waals surface area contributed by atoms with E-state index in [2.05, 4.69) is 15.1 Å². The summed E-state index contributed by atoms with van der Waals surface area (Å²) in [5.74, 6) is 0. The first kappa shape index (κ1) is 17.9. The predicted octanol–water partition coefficient (Wildman–Crippen LogP) is 1.50. The summed E-state index contributed by atoms with van der Waals surface area (Å²) in [5.41, 5.74) is -0.0434. The summed E-state index contributed by atoms with van der Waals surface area (Å²) >= 11 is 7.35. The number of hydrogen-bond donors (Lipinski definition) is 2. The van der Waals surface area contributed by atoms with Crippen molar-refractivity contribution in [1.29, 1.82) is 0 Å². The maximum absolute atomic E-state index is 12.2. The fraction of sp³-hybridized carbons (Fsp3) is 0.385. The van der Waals surface area contributed by atoms with Crippen molar-refractivity contribution in [2.75, 3.05) is 18.4 Å². The molecule has 2 aromatic heterocycles.